The molecule has 1 aromatic carbocycles. The highest BCUT2D eigenvalue weighted by molar-refractivity contribution is 7.90. The van der Waals surface area contributed by atoms with E-state index in [0.29, 0.717) is 19.0 Å². The van der Waals surface area contributed by atoms with Gasteiger partial charge in [0.1, 0.15) is 4.90 Å². The first-order chi connectivity index (χ1) is 12.2. The predicted octanol–water partition coefficient (Wildman–Crippen LogP) is 1.44. The second-order valence-corrected chi connectivity index (χ2v) is 9.21. The van der Waals surface area contributed by atoms with Gasteiger partial charge in [0.2, 0.25) is 0 Å². The van der Waals surface area contributed by atoms with Crippen molar-refractivity contribution in [2.75, 3.05) is 13.1 Å². The van der Waals surface area contributed by atoms with Gasteiger partial charge in [0, 0.05) is 30.7 Å². The molecule has 2 heterocycles. The van der Waals surface area contributed by atoms with Crippen LogP contribution in [0.25, 0.3) is 0 Å². The maximum atomic E-state index is 13.0. The molecule has 142 valence electrons. The van der Waals surface area contributed by atoms with Crippen LogP contribution in [0.2, 0.25) is 0 Å². The van der Waals surface area contributed by atoms with Crippen LogP contribution < -0.4 is 5.73 Å². The number of rotatable bonds is 3. The zero-order valence-electron chi connectivity index (χ0n) is 15.3. The standard InChI is InChI=1S/C18H25N3O4S/c1-11(2)21-18(23)15-5-4-13(9-16(15)26(21,24)25)17(22)20-7-6-12(3)8-14(20)10-19/h4-5,9,11-12,14H,6-8,10,19H2,1-3H3. The minimum Gasteiger partial charge on any atom is -0.334 e. The summed E-state index contributed by atoms with van der Waals surface area (Å²) >= 11 is 0. The second-order valence-electron chi connectivity index (χ2n) is 7.43. The van der Waals surface area contributed by atoms with Crippen molar-refractivity contribution < 1.29 is 18.0 Å². The molecule has 1 fully saturated rings. The molecule has 2 unspecified atom stereocenters. The Hall–Kier alpha value is -1.93. The summed E-state index contributed by atoms with van der Waals surface area (Å²) in [6, 6.07) is 3.77. The van der Waals surface area contributed by atoms with Crippen molar-refractivity contribution in [1.82, 2.24) is 9.21 Å². The van der Waals surface area contributed by atoms with Crippen LogP contribution in [0.15, 0.2) is 23.1 Å². The van der Waals surface area contributed by atoms with Gasteiger partial charge in [0.15, 0.2) is 0 Å². The van der Waals surface area contributed by atoms with Gasteiger partial charge in [-0.3, -0.25) is 9.59 Å². The van der Waals surface area contributed by atoms with Crippen LogP contribution in [0.5, 0.6) is 0 Å². The van der Waals surface area contributed by atoms with Crippen molar-refractivity contribution in [3.63, 3.8) is 0 Å². The number of likely N-dealkylation sites (tertiary alicyclic amines) is 1. The fraction of sp³-hybridized carbons (Fsp3) is 0.556. The van der Waals surface area contributed by atoms with Crippen LogP contribution in [0.1, 0.15) is 54.3 Å². The Balaban J connectivity index is 1.97. The third-order valence-electron chi connectivity index (χ3n) is 5.18. The number of carbonyl (C=O) groups excluding carboxylic acids is 2. The Morgan fingerprint density at radius 1 is 1.35 bits per heavy atom. The van der Waals surface area contributed by atoms with Crippen LogP contribution in [0, 0.1) is 5.92 Å². The Bertz CT molecular complexity index is 850. The first-order valence-electron chi connectivity index (χ1n) is 8.92. The summed E-state index contributed by atoms with van der Waals surface area (Å²) in [5.74, 6) is -0.272. The maximum Gasteiger partial charge on any atom is 0.269 e. The van der Waals surface area contributed by atoms with Gasteiger partial charge in [-0.05, 0) is 50.8 Å². The summed E-state index contributed by atoms with van der Waals surface area (Å²) in [4.78, 5) is 27.0. The number of nitrogens with two attached hydrogens (primary N) is 1. The van der Waals surface area contributed by atoms with Gasteiger partial charge in [-0.15, -0.1) is 0 Å². The molecule has 0 saturated carbocycles. The molecule has 7 nitrogen and oxygen atoms in total. The largest absolute Gasteiger partial charge is 0.334 e. The predicted molar refractivity (Wildman–Crippen MR) is 97.2 cm³/mol. The van der Waals surface area contributed by atoms with Gasteiger partial charge in [-0.2, -0.15) is 0 Å². The third kappa shape index (κ3) is 2.91. The second kappa shape index (κ2) is 6.66. The highest BCUT2D eigenvalue weighted by atomic mass is 32.2. The van der Waals surface area contributed by atoms with Crippen LogP contribution in [-0.2, 0) is 10.0 Å². The van der Waals surface area contributed by atoms with E-state index in [1.54, 1.807) is 18.7 Å². The molecular formula is C18H25N3O4S. The number of fused-ring (bicyclic) bond motifs is 1. The molecule has 2 amide bonds. The molecule has 0 radical (unpaired) electrons. The average Bonchev–Trinajstić information content (AvgIpc) is 2.79. The van der Waals surface area contributed by atoms with Crippen LogP contribution in [0.3, 0.4) is 0 Å². The lowest BCUT2D eigenvalue weighted by molar-refractivity contribution is 0.0573. The lowest BCUT2D eigenvalue weighted by Gasteiger charge is -2.38. The molecule has 26 heavy (non-hydrogen) atoms. The van der Waals surface area contributed by atoms with E-state index in [2.05, 4.69) is 6.92 Å². The molecule has 0 aliphatic carbocycles. The van der Waals surface area contributed by atoms with Crippen LogP contribution in [-0.4, -0.2) is 54.6 Å². The van der Waals surface area contributed by atoms with E-state index in [4.69, 9.17) is 5.73 Å². The molecule has 2 aliphatic heterocycles. The molecule has 2 aliphatic rings. The van der Waals surface area contributed by atoms with Gasteiger partial charge >= 0.3 is 0 Å². The van der Waals surface area contributed by atoms with Gasteiger partial charge in [0.05, 0.1) is 5.56 Å². The van der Waals surface area contributed by atoms with Gasteiger partial charge in [0.25, 0.3) is 21.8 Å². The Kier molecular flexibility index (Phi) is 4.83. The van der Waals surface area contributed by atoms with Crippen molar-refractivity contribution in [3.05, 3.63) is 29.3 Å². The third-order valence-corrected chi connectivity index (χ3v) is 7.17. The number of hydrogen-bond donors (Lipinski definition) is 1. The molecule has 2 N–H and O–H groups in total. The number of benzene rings is 1. The van der Waals surface area contributed by atoms with E-state index in [1.165, 1.54) is 18.2 Å². The summed E-state index contributed by atoms with van der Waals surface area (Å²) in [6.07, 6.45) is 1.73. The van der Waals surface area contributed by atoms with Crippen molar-refractivity contribution >= 4 is 21.8 Å². The number of piperidine rings is 1. The number of carbonyl (C=O) groups is 2. The monoisotopic (exact) mass is 379 g/mol. The lowest BCUT2D eigenvalue weighted by Crippen LogP contribution is -2.49. The highest BCUT2D eigenvalue weighted by Gasteiger charge is 2.43. The zero-order chi connectivity index (χ0) is 19.2. The molecule has 0 spiro atoms. The Morgan fingerprint density at radius 3 is 2.65 bits per heavy atom. The summed E-state index contributed by atoms with van der Waals surface area (Å²) in [7, 11) is -3.92. The molecule has 2 atom stereocenters. The fourth-order valence-corrected chi connectivity index (χ4v) is 5.59. The summed E-state index contributed by atoms with van der Waals surface area (Å²) < 4.78 is 26.3. The molecule has 8 heteroatoms. The van der Waals surface area contributed by atoms with E-state index >= 15 is 0 Å². The minimum absolute atomic E-state index is 0.0510. The summed E-state index contributed by atoms with van der Waals surface area (Å²) in [6.45, 7) is 6.41. The number of nitrogens with zero attached hydrogens (tertiary/aromatic N) is 2. The average molecular weight is 379 g/mol. The first kappa shape index (κ1) is 18.8. The first-order valence-corrected chi connectivity index (χ1v) is 10.4. The lowest BCUT2D eigenvalue weighted by atomic mass is 9.92. The minimum atomic E-state index is -3.92. The fourth-order valence-electron chi connectivity index (χ4n) is 3.80. The van der Waals surface area contributed by atoms with Crippen LogP contribution in [0.4, 0.5) is 0 Å². The smallest absolute Gasteiger partial charge is 0.269 e. The normalized spacial score (nSPS) is 24.9. The highest BCUT2D eigenvalue weighted by Crippen LogP contribution is 2.33. The van der Waals surface area contributed by atoms with E-state index in [-0.39, 0.29) is 28.0 Å². The van der Waals surface area contributed by atoms with Gasteiger partial charge < -0.3 is 10.6 Å². The van der Waals surface area contributed by atoms with E-state index in [1.807, 2.05) is 0 Å². The van der Waals surface area contributed by atoms with Crippen molar-refractivity contribution in [2.24, 2.45) is 11.7 Å². The van der Waals surface area contributed by atoms with Crippen LogP contribution >= 0.6 is 0 Å². The Labute approximate surface area is 154 Å². The topological polar surface area (TPSA) is 101 Å². The quantitative estimate of drug-likeness (QED) is 0.856. The molecule has 3 rings (SSSR count). The molecular weight excluding hydrogens is 354 g/mol. The molecule has 0 aromatic heterocycles. The van der Waals surface area contributed by atoms with Crippen molar-refractivity contribution in [3.8, 4) is 0 Å². The number of amides is 2. The zero-order valence-corrected chi connectivity index (χ0v) is 16.1. The van der Waals surface area contributed by atoms with Gasteiger partial charge in [-0.1, -0.05) is 6.92 Å². The van der Waals surface area contributed by atoms with Crippen molar-refractivity contribution in [2.45, 2.75) is 50.6 Å². The SMILES string of the molecule is CC1CCN(C(=O)c2ccc3c(c2)S(=O)(=O)N(C(C)C)C3=O)C(CN)C1. The number of sulfonamides is 1. The summed E-state index contributed by atoms with van der Waals surface area (Å²) in [5.41, 5.74) is 6.23. The van der Waals surface area contributed by atoms with E-state index in [0.717, 1.165) is 17.1 Å². The van der Waals surface area contributed by atoms with Gasteiger partial charge in [-0.25, -0.2) is 12.7 Å². The van der Waals surface area contributed by atoms with Crippen molar-refractivity contribution in [1.29, 1.82) is 0 Å². The van der Waals surface area contributed by atoms with E-state index in [9.17, 15) is 18.0 Å². The number of hydrogen-bond acceptors (Lipinski definition) is 5. The molecule has 1 saturated heterocycles. The van der Waals surface area contributed by atoms with E-state index < -0.39 is 22.0 Å². The molecule has 1 aromatic rings. The Morgan fingerprint density at radius 2 is 2.04 bits per heavy atom. The molecule has 0 bridgehead atoms. The summed E-state index contributed by atoms with van der Waals surface area (Å²) in [5, 5.41) is 0. The maximum absolute atomic E-state index is 13.0.